The van der Waals surface area contributed by atoms with Crippen molar-refractivity contribution in [2.45, 2.75) is 6.54 Å². The van der Waals surface area contributed by atoms with Gasteiger partial charge in [0.05, 0.1) is 24.3 Å². The molecule has 1 aromatic heterocycles. The minimum atomic E-state index is -0.266. The van der Waals surface area contributed by atoms with Gasteiger partial charge in [0.25, 0.3) is 0 Å². The van der Waals surface area contributed by atoms with E-state index in [0.717, 1.165) is 10.2 Å². The number of benzene rings is 1. The zero-order chi connectivity index (χ0) is 10.7. The molecule has 2 rings (SSSR count). The van der Waals surface area contributed by atoms with Crippen LogP contribution in [0.4, 0.5) is 10.1 Å². The van der Waals surface area contributed by atoms with Crippen molar-refractivity contribution >= 4 is 21.6 Å². The summed E-state index contributed by atoms with van der Waals surface area (Å²) in [6, 6.07) is 4.78. The molecule has 0 aliphatic carbocycles. The third-order valence-corrected chi connectivity index (χ3v) is 2.45. The topological polar surface area (TPSA) is 40.7 Å². The first kappa shape index (κ1) is 10.2. The molecule has 3 nitrogen and oxygen atoms in total. The smallest absolute Gasteiger partial charge is 0.146 e. The molecule has 2 N–H and O–H groups in total. The van der Waals surface area contributed by atoms with E-state index in [1.54, 1.807) is 24.7 Å². The van der Waals surface area contributed by atoms with E-state index in [-0.39, 0.29) is 5.82 Å². The molecular weight excluding hydrogens is 261 g/mol. The lowest BCUT2D eigenvalue weighted by Gasteiger charge is -2.06. The summed E-state index contributed by atoms with van der Waals surface area (Å²) in [7, 11) is 0. The van der Waals surface area contributed by atoms with E-state index in [9.17, 15) is 4.39 Å². The molecule has 0 aliphatic heterocycles. The molecule has 15 heavy (non-hydrogen) atoms. The predicted molar refractivity (Wildman–Crippen MR) is 60.0 cm³/mol. The van der Waals surface area contributed by atoms with Crippen molar-refractivity contribution in [1.82, 2.24) is 9.97 Å². The van der Waals surface area contributed by atoms with Gasteiger partial charge >= 0.3 is 0 Å². The zero-order valence-corrected chi connectivity index (χ0v) is 9.38. The highest BCUT2D eigenvalue weighted by Crippen LogP contribution is 2.20. The number of aromatic nitrogens is 2. The number of aromatic amines is 1. The molecule has 1 aromatic carbocycles. The third-order valence-electron chi connectivity index (χ3n) is 1.95. The summed E-state index contributed by atoms with van der Waals surface area (Å²) in [6.45, 7) is 0.521. The number of imidazole rings is 1. The quantitative estimate of drug-likeness (QED) is 0.900. The second-order valence-corrected chi connectivity index (χ2v) is 3.97. The van der Waals surface area contributed by atoms with Crippen molar-refractivity contribution in [1.29, 1.82) is 0 Å². The summed E-state index contributed by atoms with van der Waals surface area (Å²) >= 11 is 3.29. The molecule has 0 bridgehead atoms. The van der Waals surface area contributed by atoms with Gasteiger partial charge in [-0.1, -0.05) is 15.9 Å². The number of hydrogen-bond donors (Lipinski definition) is 2. The summed E-state index contributed by atoms with van der Waals surface area (Å²) in [5, 5.41) is 2.98. The van der Waals surface area contributed by atoms with E-state index in [1.807, 2.05) is 0 Å². The monoisotopic (exact) mass is 269 g/mol. The van der Waals surface area contributed by atoms with Crippen molar-refractivity contribution in [3.05, 3.63) is 46.7 Å². The van der Waals surface area contributed by atoms with Crippen molar-refractivity contribution in [2.75, 3.05) is 5.32 Å². The van der Waals surface area contributed by atoms with E-state index in [2.05, 4.69) is 31.2 Å². The molecule has 5 heteroatoms. The van der Waals surface area contributed by atoms with E-state index in [0.29, 0.717) is 12.2 Å². The van der Waals surface area contributed by atoms with Crippen LogP contribution >= 0.6 is 15.9 Å². The zero-order valence-electron chi connectivity index (χ0n) is 7.80. The van der Waals surface area contributed by atoms with E-state index in [4.69, 9.17) is 0 Å². The van der Waals surface area contributed by atoms with Gasteiger partial charge in [0, 0.05) is 10.7 Å². The highest BCUT2D eigenvalue weighted by atomic mass is 79.9. The van der Waals surface area contributed by atoms with Gasteiger partial charge in [-0.15, -0.1) is 0 Å². The Morgan fingerprint density at radius 1 is 1.47 bits per heavy atom. The standard InChI is InChI=1S/C10H9BrFN3/c11-7-1-2-9(12)10(3-7)14-5-8-4-13-6-15-8/h1-4,6,14H,5H2,(H,13,15). The van der Waals surface area contributed by atoms with Gasteiger partial charge in [0.15, 0.2) is 0 Å². The Balaban J connectivity index is 2.07. The van der Waals surface area contributed by atoms with Crippen molar-refractivity contribution in [2.24, 2.45) is 0 Å². The first-order chi connectivity index (χ1) is 7.25. The molecule has 78 valence electrons. The predicted octanol–water partition coefficient (Wildman–Crippen LogP) is 2.92. The summed E-state index contributed by atoms with van der Waals surface area (Å²) in [6.07, 6.45) is 3.29. The first-order valence-electron chi connectivity index (χ1n) is 4.42. The van der Waals surface area contributed by atoms with Gasteiger partial charge in [-0.3, -0.25) is 0 Å². The molecule has 0 saturated heterocycles. The van der Waals surface area contributed by atoms with Crippen molar-refractivity contribution in [3.63, 3.8) is 0 Å². The van der Waals surface area contributed by atoms with Crippen LogP contribution in [0, 0.1) is 5.82 Å². The summed E-state index contributed by atoms with van der Waals surface area (Å²) in [4.78, 5) is 6.81. The number of anilines is 1. The Labute approximate surface area is 94.9 Å². The lowest BCUT2D eigenvalue weighted by molar-refractivity contribution is 0.629. The van der Waals surface area contributed by atoms with Gasteiger partial charge < -0.3 is 10.3 Å². The molecule has 0 saturated carbocycles. The van der Waals surface area contributed by atoms with Crippen LogP contribution in [0.1, 0.15) is 5.69 Å². The summed E-state index contributed by atoms with van der Waals surface area (Å²) in [5.74, 6) is -0.266. The van der Waals surface area contributed by atoms with Crippen LogP contribution in [0.5, 0.6) is 0 Å². The maximum Gasteiger partial charge on any atom is 0.146 e. The van der Waals surface area contributed by atoms with E-state index >= 15 is 0 Å². The molecule has 0 radical (unpaired) electrons. The number of H-pyrrole nitrogens is 1. The Morgan fingerprint density at radius 3 is 3.07 bits per heavy atom. The Bertz CT molecular complexity index is 442. The van der Waals surface area contributed by atoms with Crippen LogP contribution in [0.15, 0.2) is 35.2 Å². The number of rotatable bonds is 3. The fourth-order valence-corrected chi connectivity index (χ4v) is 1.57. The molecule has 1 heterocycles. The molecule has 0 spiro atoms. The molecule has 0 fully saturated rings. The van der Waals surface area contributed by atoms with Crippen LogP contribution in [0.25, 0.3) is 0 Å². The molecule has 0 amide bonds. The molecule has 0 aliphatic rings. The van der Waals surface area contributed by atoms with Crippen LogP contribution in [0.2, 0.25) is 0 Å². The largest absolute Gasteiger partial charge is 0.377 e. The lowest BCUT2D eigenvalue weighted by atomic mass is 10.3. The van der Waals surface area contributed by atoms with Crippen LogP contribution in [0.3, 0.4) is 0 Å². The average Bonchev–Trinajstić information content (AvgIpc) is 2.72. The van der Waals surface area contributed by atoms with Gasteiger partial charge in [-0.05, 0) is 18.2 Å². The maximum absolute atomic E-state index is 13.3. The van der Waals surface area contributed by atoms with Crippen LogP contribution < -0.4 is 5.32 Å². The number of hydrogen-bond acceptors (Lipinski definition) is 2. The SMILES string of the molecule is Fc1ccc(Br)cc1NCc1cnc[nH]1. The second-order valence-electron chi connectivity index (χ2n) is 3.05. The van der Waals surface area contributed by atoms with Crippen molar-refractivity contribution in [3.8, 4) is 0 Å². The number of nitrogens with one attached hydrogen (secondary N) is 2. The first-order valence-corrected chi connectivity index (χ1v) is 5.21. The summed E-state index contributed by atoms with van der Waals surface area (Å²) in [5.41, 5.74) is 1.38. The molecular formula is C10H9BrFN3. The molecule has 2 aromatic rings. The Kier molecular flexibility index (Phi) is 3.01. The normalized spacial score (nSPS) is 10.3. The fraction of sp³-hybridized carbons (Fsp3) is 0.100. The van der Waals surface area contributed by atoms with Crippen LogP contribution in [-0.4, -0.2) is 9.97 Å². The molecule has 0 atom stereocenters. The second kappa shape index (κ2) is 4.44. The third kappa shape index (κ3) is 2.56. The average molecular weight is 270 g/mol. The highest BCUT2D eigenvalue weighted by molar-refractivity contribution is 9.10. The summed E-state index contributed by atoms with van der Waals surface area (Å²) < 4.78 is 14.1. The Hall–Kier alpha value is -1.36. The van der Waals surface area contributed by atoms with Gasteiger partial charge in [0.1, 0.15) is 5.82 Å². The van der Waals surface area contributed by atoms with Gasteiger partial charge in [0.2, 0.25) is 0 Å². The van der Waals surface area contributed by atoms with Gasteiger partial charge in [-0.25, -0.2) is 9.37 Å². The molecule has 0 unspecified atom stereocenters. The Morgan fingerprint density at radius 2 is 2.33 bits per heavy atom. The lowest BCUT2D eigenvalue weighted by Crippen LogP contribution is -2.01. The fourth-order valence-electron chi connectivity index (χ4n) is 1.20. The van der Waals surface area contributed by atoms with Crippen LogP contribution in [-0.2, 0) is 6.54 Å². The minimum absolute atomic E-state index is 0.266. The highest BCUT2D eigenvalue weighted by Gasteiger charge is 2.02. The minimum Gasteiger partial charge on any atom is -0.377 e. The van der Waals surface area contributed by atoms with E-state index < -0.39 is 0 Å². The maximum atomic E-state index is 13.3. The van der Waals surface area contributed by atoms with Crippen molar-refractivity contribution < 1.29 is 4.39 Å². The van der Waals surface area contributed by atoms with E-state index in [1.165, 1.54) is 6.07 Å². The number of nitrogens with zero attached hydrogens (tertiary/aromatic N) is 1. The van der Waals surface area contributed by atoms with Gasteiger partial charge in [-0.2, -0.15) is 0 Å². The number of halogens is 2.